The van der Waals surface area contributed by atoms with Crippen LogP contribution in [-0.2, 0) is 9.53 Å². The fourth-order valence-electron chi connectivity index (χ4n) is 1.84. The van der Waals surface area contributed by atoms with Gasteiger partial charge in [-0.1, -0.05) is 19.9 Å². The summed E-state index contributed by atoms with van der Waals surface area (Å²) in [6.07, 6.45) is 0.613. The molecule has 1 atom stereocenters. The molecule has 0 radical (unpaired) electrons. The Balaban J connectivity index is 0.00000400. The van der Waals surface area contributed by atoms with Crippen molar-refractivity contribution in [1.29, 1.82) is 0 Å². The predicted molar refractivity (Wildman–Crippen MR) is 85.8 cm³/mol. The summed E-state index contributed by atoms with van der Waals surface area (Å²) in [5, 5.41) is 2.76. The molecule has 1 aromatic carbocycles. The third-order valence-electron chi connectivity index (χ3n) is 2.98. The Morgan fingerprint density at radius 1 is 1.33 bits per heavy atom. The number of carbonyl (C=O) groups excluding carboxylic acids is 2. The van der Waals surface area contributed by atoms with Gasteiger partial charge in [0, 0.05) is 5.69 Å². The first-order valence-corrected chi connectivity index (χ1v) is 6.60. The first-order chi connectivity index (χ1) is 9.35. The quantitative estimate of drug-likeness (QED) is 0.818. The highest BCUT2D eigenvalue weighted by molar-refractivity contribution is 5.97. The van der Waals surface area contributed by atoms with Gasteiger partial charge in [-0.15, -0.1) is 12.4 Å². The van der Waals surface area contributed by atoms with E-state index in [1.807, 2.05) is 20.8 Å². The minimum atomic E-state index is -0.559. The van der Waals surface area contributed by atoms with Gasteiger partial charge in [0.05, 0.1) is 18.7 Å². The largest absolute Gasteiger partial charge is 0.465 e. The summed E-state index contributed by atoms with van der Waals surface area (Å²) in [6.45, 7) is 5.87. The molecule has 1 aromatic rings. The van der Waals surface area contributed by atoms with Crippen LogP contribution in [-0.4, -0.2) is 25.0 Å². The lowest BCUT2D eigenvalue weighted by molar-refractivity contribution is -0.117. The van der Waals surface area contributed by atoms with Gasteiger partial charge >= 0.3 is 5.97 Å². The fraction of sp³-hybridized carbons (Fsp3) is 0.467. The smallest absolute Gasteiger partial charge is 0.337 e. The summed E-state index contributed by atoms with van der Waals surface area (Å²) >= 11 is 0. The second kappa shape index (κ2) is 8.64. The lowest BCUT2D eigenvalue weighted by Crippen LogP contribution is -2.36. The highest BCUT2D eigenvalue weighted by Gasteiger charge is 2.16. The Labute approximate surface area is 131 Å². The molecule has 0 heterocycles. The van der Waals surface area contributed by atoms with Crippen molar-refractivity contribution in [3.05, 3.63) is 29.3 Å². The standard InChI is InChI=1S/C15H22N2O3.ClH/c1-9(2)7-12(16)14(18)17-13-8-11(15(19)20-4)6-5-10(13)3;/h5-6,8-9,12H,7,16H2,1-4H3,(H,17,18);1H/t12-;/m0./s1. The summed E-state index contributed by atoms with van der Waals surface area (Å²) < 4.78 is 4.66. The average Bonchev–Trinajstić information content (AvgIpc) is 2.39. The highest BCUT2D eigenvalue weighted by Crippen LogP contribution is 2.18. The van der Waals surface area contributed by atoms with E-state index in [1.165, 1.54) is 7.11 Å². The van der Waals surface area contributed by atoms with E-state index < -0.39 is 12.0 Å². The lowest BCUT2D eigenvalue weighted by Gasteiger charge is -2.15. The number of benzene rings is 1. The number of ether oxygens (including phenoxy) is 1. The summed E-state index contributed by atoms with van der Waals surface area (Å²) in [7, 11) is 1.32. The molecule has 6 heteroatoms. The second-order valence-corrected chi connectivity index (χ2v) is 5.25. The van der Waals surface area contributed by atoms with Gasteiger partial charge in [-0.05, 0) is 37.0 Å². The lowest BCUT2D eigenvalue weighted by atomic mass is 10.0. The fourth-order valence-corrected chi connectivity index (χ4v) is 1.84. The van der Waals surface area contributed by atoms with Crippen molar-refractivity contribution in [2.75, 3.05) is 12.4 Å². The number of hydrogen-bond donors (Lipinski definition) is 2. The molecule has 0 fully saturated rings. The molecule has 3 N–H and O–H groups in total. The Morgan fingerprint density at radius 2 is 1.95 bits per heavy atom. The molecule has 1 amide bonds. The second-order valence-electron chi connectivity index (χ2n) is 5.25. The molecule has 0 aliphatic rings. The van der Waals surface area contributed by atoms with E-state index >= 15 is 0 Å². The van der Waals surface area contributed by atoms with Crippen molar-refractivity contribution in [3.8, 4) is 0 Å². The highest BCUT2D eigenvalue weighted by atomic mass is 35.5. The average molecular weight is 315 g/mol. The van der Waals surface area contributed by atoms with Gasteiger partial charge < -0.3 is 15.8 Å². The Hall–Kier alpha value is -1.59. The van der Waals surface area contributed by atoms with Crippen LogP contribution in [0.2, 0.25) is 0 Å². The van der Waals surface area contributed by atoms with Crippen molar-refractivity contribution in [2.45, 2.75) is 33.2 Å². The Morgan fingerprint density at radius 3 is 2.48 bits per heavy atom. The number of anilines is 1. The number of nitrogens with two attached hydrogens (primary N) is 1. The molecule has 21 heavy (non-hydrogen) atoms. The zero-order chi connectivity index (χ0) is 15.3. The van der Waals surface area contributed by atoms with Gasteiger partial charge in [-0.2, -0.15) is 0 Å². The number of rotatable bonds is 5. The summed E-state index contributed by atoms with van der Waals surface area (Å²) in [5.74, 6) is -0.339. The molecule has 5 nitrogen and oxygen atoms in total. The van der Waals surface area contributed by atoms with Gasteiger partial charge in [0.15, 0.2) is 0 Å². The van der Waals surface area contributed by atoms with Gasteiger partial charge in [-0.25, -0.2) is 4.79 Å². The monoisotopic (exact) mass is 314 g/mol. The third-order valence-corrected chi connectivity index (χ3v) is 2.98. The van der Waals surface area contributed by atoms with Crippen LogP contribution in [0.25, 0.3) is 0 Å². The minimum absolute atomic E-state index is 0. The van der Waals surface area contributed by atoms with Crippen molar-refractivity contribution in [2.24, 2.45) is 11.7 Å². The van der Waals surface area contributed by atoms with Crippen molar-refractivity contribution >= 4 is 30.0 Å². The van der Waals surface area contributed by atoms with Crippen LogP contribution in [0, 0.1) is 12.8 Å². The zero-order valence-corrected chi connectivity index (χ0v) is 13.6. The number of esters is 1. The first-order valence-electron chi connectivity index (χ1n) is 6.60. The number of carbonyl (C=O) groups is 2. The van der Waals surface area contributed by atoms with Crippen molar-refractivity contribution in [1.82, 2.24) is 0 Å². The van der Waals surface area contributed by atoms with E-state index in [0.717, 1.165) is 5.56 Å². The SMILES string of the molecule is COC(=O)c1ccc(C)c(NC(=O)[C@@H](N)CC(C)C)c1.Cl. The molecule has 0 saturated carbocycles. The van der Waals surface area contributed by atoms with E-state index in [2.05, 4.69) is 10.1 Å². The molecule has 1 rings (SSSR count). The molecule has 0 spiro atoms. The van der Waals surface area contributed by atoms with Crippen LogP contribution < -0.4 is 11.1 Å². The molecule has 0 aliphatic heterocycles. The molecular formula is C15H23ClN2O3. The van der Waals surface area contributed by atoms with Crippen molar-refractivity contribution < 1.29 is 14.3 Å². The summed E-state index contributed by atoms with van der Waals surface area (Å²) in [5.41, 5.74) is 7.68. The van der Waals surface area contributed by atoms with Gasteiger partial charge in [0.25, 0.3) is 0 Å². The number of aryl methyl sites for hydroxylation is 1. The van der Waals surface area contributed by atoms with Crippen LogP contribution in [0.15, 0.2) is 18.2 Å². The molecule has 118 valence electrons. The maximum absolute atomic E-state index is 12.0. The van der Waals surface area contributed by atoms with Gasteiger partial charge in [0.2, 0.25) is 5.91 Å². The molecule has 0 saturated heterocycles. The topological polar surface area (TPSA) is 81.4 Å². The number of halogens is 1. The maximum atomic E-state index is 12.0. The number of amides is 1. The van der Waals surface area contributed by atoms with Gasteiger partial charge in [0.1, 0.15) is 0 Å². The van der Waals surface area contributed by atoms with Crippen molar-refractivity contribution in [3.63, 3.8) is 0 Å². The summed E-state index contributed by atoms with van der Waals surface area (Å²) in [4.78, 5) is 23.5. The van der Waals surface area contributed by atoms with Crippen LogP contribution in [0.5, 0.6) is 0 Å². The Bertz CT molecular complexity index is 504. The van der Waals surface area contributed by atoms with E-state index in [0.29, 0.717) is 23.6 Å². The predicted octanol–water partition coefficient (Wildman–Crippen LogP) is 2.52. The maximum Gasteiger partial charge on any atom is 0.337 e. The molecular weight excluding hydrogens is 292 g/mol. The van der Waals surface area contributed by atoms with Crippen LogP contribution in [0.4, 0.5) is 5.69 Å². The number of nitrogens with one attached hydrogen (secondary N) is 1. The minimum Gasteiger partial charge on any atom is -0.465 e. The van der Waals surface area contributed by atoms with Crippen LogP contribution >= 0.6 is 12.4 Å². The van der Waals surface area contributed by atoms with Gasteiger partial charge in [-0.3, -0.25) is 4.79 Å². The summed E-state index contributed by atoms with van der Waals surface area (Å²) in [6, 6.07) is 4.46. The van der Waals surface area contributed by atoms with E-state index in [1.54, 1.807) is 18.2 Å². The number of methoxy groups -OCH3 is 1. The van der Waals surface area contributed by atoms with E-state index in [9.17, 15) is 9.59 Å². The molecule has 0 aromatic heterocycles. The Kier molecular flexibility index (Phi) is 7.99. The first kappa shape index (κ1) is 19.4. The molecule has 0 bridgehead atoms. The van der Waals surface area contributed by atoms with Crippen LogP contribution in [0.1, 0.15) is 36.2 Å². The number of hydrogen-bond acceptors (Lipinski definition) is 4. The van der Waals surface area contributed by atoms with Crippen LogP contribution in [0.3, 0.4) is 0 Å². The zero-order valence-electron chi connectivity index (χ0n) is 12.8. The van der Waals surface area contributed by atoms with E-state index in [4.69, 9.17) is 5.73 Å². The van der Waals surface area contributed by atoms with E-state index in [-0.39, 0.29) is 18.3 Å². The third kappa shape index (κ3) is 5.73. The normalized spacial score (nSPS) is 11.5. The molecule has 0 unspecified atom stereocenters. The molecule has 0 aliphatic carbocycles.